The van der Waals surface area contributed by atoms with Gasteiger partial charge in [-0.2, -0.15) is 17.5 Å². The second kappa shape index (κ2) is 8.46. The van der Waals surface area contributed by atoms with E-state index in [1.54, 1.807) is 0 Å². The van der Waals surface area contributed by atoms with Gasteiger partial charge >= 0.3 is 6.18 Å². The van der Waals surface area contributed by atoms with Gasteiger partial charge < -0.3 is 5.32 Å². The van der Waals surface area contributed by atoms with Crippen LogP contribution >= 0.6 is 11.6 Å². The molecule has 0 atom stereocenters. The van der Waals surface area contributed by atoms with E-state index in [2.05, 4.69) is 0 Å². The minimum absolute atomic E-state index is 0.0130. The third kappa shape index (κ3) is 5.00. The van der Waals surface area contributed by atoms with Crippen molar-refractivity contribution in [1.82, 2.24) is 4.31 Å². The molecule has 0 aromatic heterocycles. The van der Waals surface area contributed by atoms with Crippen LogP contribution in [0.5, 0.6) is 0 Å². The number of nitrogens with zero attached hydrogens (tertiary/aromatic N) is 1. The maximum atomic E-state index is 14.0. The third-order valence-corrected chi connectivity index (χ3v) is 5.88. The minimum Gasteiger partial charge on any atom is -0.324 e. The average molecular weight is 439 g/mol. The number of hydrogen-bond donors (Lipinski definition) is 1. The highest BCUT2D eigenvalue weighted by atomic mass is 35.5. The molecule has 0 saturated carbocycles. The van der Waals surface area contributed by atoms with Crippen molar-refractivity contribution in [1.29, 1.82) is 0 Å². The predicted octanol–water partition coefficient (Wildman–Crippen LogP) is 4.15. The Morgan fingerprint density at radius 3 is 2.39 bits per heavy atom. The van der Waals surface area contributed by atoms with Crippen LogP contribution in [0.25, 0.3) is 0 Å². The number of rotatable bonds is 6. The highest BCUT2D eigenvalue weighted by molar-refractivity contribution is 7.89. The van der Waals surface area contributed by atoms with Crippen molar-refractivity contribution < 1.29 is 30.8 Å². The molecule has 2 aromatic carbocycles. The van der Waals surface area contributed by atoms with Crippen LogP contribution in [0.4, 0.5) is 23.2 Å². The molecule has 2 aromatic rings. The zero-order valence-electron chi connectivity index (χ0n) is 14.4. The van der Waals surface area contributed by atoms with Crippen molar-refractivity contribution in [2.24, 2.45) is 0 Å². The molecule has 11 heteroatoms. The summed E-state index contributed by atoms with van der Waals surface area (Å²) < 4.78 is 78.8. The number of para-hydroxylation sites is 1. The molecule has 0 saturated heterocycles. The van der Waals surface area contributed by atoms with Crippen LogP contribution in [-0.4, -0.2) is 31.7 Å². The fourth-order valence-corrected chi connectivity index (χ4v) is 3.99. The standard InChI is InChI=1S/C17H15ClF4N2O3S/c1-2-24(28(26,27)15-8-7-11(18)9-13(15)19)10-16(25)23-14-6-4-3-5-12(14)17(20,21)22/h3-9H,2,10H2,1H3,(H,23,25). The predicted molar refractivity (Wildman–Crippen MR) is 95.9 cm³/mol. The Morgan fingerprint density at radius 2 is 1.82 bits per heavy atom. The number of carbonyl (C=O) groups is 1. The number of nitrogens with one attached hydrogen (secondary N) is 1. The smallest absolute Gasteiger partial charge is 0.324 e. The largest absolute Gasteiger partial charge is 0.418 e. The first-order valence-electron chi connectivity index (χ1n) is 7.88. The quantitative estimate of drug-likeness (QED) is 0.689. The van der Waals surface area contributed by atoms with Crippen LogP contribution in [0.2, 0.25) is 5.02 Å². The summed E-state index contributed by atoms with van der Waals surface area (Å²) in [6, 6.07) is 7.21. The lowest BCUT2D eigenvalue weighted by Crippen LogP contribution is -2.38. The number of amides is 1. The number of carbonyl (C=O) groups excluding carboxylic acids is 1. The van der Waals surface area contributed by atoms with Gasteiger partial charge in [0.15, 0.2) is 0 Å². The summed E-state index contributed by atoms with van der Waals surface area (Å²) in [4.78, 5) is 11.5. The van der Waals surface area contributed by atoms with Crippen molar-refractivity contribution in [3.05, 3.63) is 58.9 Å². The first kappa shape index (κ1) is 22.1. The van der Waals surface area contributed by atoms with E-state index in [1.165, 1.54) is 19.1 Å². The molecule has 0 aliphatic rings. The lowest BCUT2D eigenvalue weighted by atomic mass is 10.1. The van der Waals surface area contributed by atoms with Gasteiger partial charge in [0, 0.05) is 11.6 Å². The van der Waals surface area contributed by atoms with Gasteiger partial charge in [-0.05, 0) is 30.3 Å². The molecule has 28 heavy (non-hydrogen) atoms. The summed E-state index contributed by atoms with van der Waals surface area (Å²) in [6.45, 7) is 0.397. The summed E-state index contributed by atoms with van der Waals surface area (Å²) >= 11 is 5.60. The van der Waals surface area contributed by atoms with E-state index >= 15 is 0 Å². The molecule has 0 spiro atoms. The third-order valence-electron chi connectivity index (χ3n) is 3.69. The van der Waals surface area contributed by atoms with E-state index in [0.29, 0.717) is 4.31 Å². The fourth-order valence-electron chi connectivity index (χ4n) is 2.38. The van der Waals surface area contributed by atoms with Crippen LogP contribution in [0, 0.1) is 5.82 Å². The number of hydrogen-bond acceptors (Lipinski definition) is 3. The Labute approximate surface area is 164 Å². The lowest BCUT2D eigenvalue weighted by Gasteiger charge is -2.21. The molecular formula is C17H15ClF4N2O3S. The zero-order chi connectivity index (χ0) is 21.1. The second-order valence-corrected chi connectivity index (χ2v) is 7.94. The van der Waals surface area contributed by atoms with Crippen molar-refractivity contribution in [3.63, 3.8) is 0 Å². The number of likely N-dealkylation sites (N-methyl/N-ethyl adjacent to an activating group) is 1. The van der Waals surface area contributed by atoms with E-state index in [1.807, 2.05) is 5.32 Å². The van der Waals surface area contributed by atoms with Crippen LogP contribution in [-0.2, 0) is 21.0 Å². The van der Waals surface area contributed by atoms with E-state index in [9.17, 15) is 30.8 Å². The summed E-state index contributed by atoms with van der Waals surface area (Å²) in [6.07, 6.45) is -4.70. The normalized spacial score (nSPS) is 12.2. The van der Waals surface area contributed by atoms with E-state index in [4.69, 9.17) is 11.6 Å². The summed E-state index contributed by atoms with van der Waals surface area (Å²) in [5.41, 5.74) is -1.58. The summed E-state index contributed by atoms with van der Waals surface area (Å²) in [7, 11) is -4.41. The van der Waals surface area contributed by atoms with Gasteiger partial charge in [0.2, 0.25) is 15.9 Å². The molecule has 1 N–H and O–H groups in total. The number of anilines is 1. The average Bonchev–Trinajstić information content (AvgIpc) is 2.58. The fraction of sp³-hybridized carbons (Fsp3) is 0.235. The SMILES string of the molecule is CCN(CC(=O)Nc1ccccc1C(F)(F)F)S(=O)(=O)c1ccc(Cl)cc1F. The minimum atomic E-state index is -4.70. The van der Waals surface area contributed by atoms with Crippen LogP contribution in [0.1, 0.15) is 12.5 Å². The first-order valence-corrected chi connectivity index (χ1v) is 9.70. The molecule has 0 heterocycles. The number of sulfonamides is 1. The number of halogens is 5. The Morgan fingerprint density at radius 1 is 1.18 bits per heavy atom. The molecule has 0 fully saturated rings. The van der Waals surface area contributed by atoms with Crippen molar-refractivity contribution in [3.8, 4) is 0 Å². The Hall–Kier alpha value is -2.17. The van der Waals surface area contributed by atoms with Gasteiger partial charge in [-0.3, -0.25) is 4.79 Å². The van der Waals surface area contributed by atoms with Crippen molar-refractivity contribution in [2.45, 2.75) is 18.0 Å². The molecule has 0 aliphatic heterocycles. The highest BCUT2D eigenvalue weighted by Crippen LogP contribution is 2.34. The van der Waals surface area contributed by atoms with Gasteiger partial charge in [-0.25, -0.2) is 12.8 Å². The van der Waals surface area contributed by atoms with Crippen LogP contribution in [0.15, 0.2) is 47.4 Å². The summed E-state index contributed by atoms with van der Waals surface area (Å²) in [5, 5.41) is 2.04. The number of benzene rings is 2. The molecule has 0 radical (unpaired) electrons. The Balaban J connectivity index is 2.25. The van der Waals surface area contributed by atoms with E-state index < -0.39 is 50.6 Å². The molecule has 0 unspecified atom stereocenters. The van der Waals surface area contributed by atoms with E-state index in [-0.39, 0.29) is 11.6 Å². The van der Waals surface area contributed by atoms with Crippen molar-refractivity contribution in [2.75, 3.05) is 18.4 Å². The Bertz CT molecular complexity index is 981. The highest BCUT2D eigenvalue weighted by Gasteiger charge is 2.34. The second-order valence-electron chi connectivity index (χ2n) is 5.60. The van der Waals surface area contributed by atoms with Gasteiger partial charge in [0.25, 0.3) is 0 Å². The molecule has 2 rings (SSSR count). The topological polar surface area (TPSA) is 66.5 Å². The van der Waals surface area contributed by atoms with Crippen molar-refractivity contribution >= 4 is 33.2 Å². The van der Waals surface area contributed by atoms with Gasteiger partial charge in [0.1, 0.15) is 10.7 Å². The van der Waals surface area contributed by atoms with Gasteiger partial charge in [0.05, 0.1) is 17.8 Å². The molecule has 152 valence electrons. The molecule has 0 aliphatic carbocycles. The Kier molecular flexibility index (Phi) is 6.68. The molecule has 5 nitrogen and oxygen atoms in total. The first-order chi connectivity index (χ1) is 13.0. The van der Waals surface area contributed by atoms with E-state index in [0.717, 1.165) is 30.3 Å². The van der Waals surface area contributed by atoms with Crippen LogP contribution < -0.4 is 5.32 Å². The number of alkyl halides is 3. The van der Waals surface area contributed by atoms with Gasteiger partial charge in [-0.1, -0.05) is 30.7 Å². The maximum Gasteiger partial charge on any atom is 0.418 e. The maximum absolute atomic E-state index is 14.0. The zero-order valence-corrected chi connectivity index (χ0v) is 16.0. The molecule has 1 amide bonds. The monoisotopic (exact) mass is 438 g/mol. The van der Waals surface area contributed by atoms with Crippen LogP contribution in [0.3, 0.4) is 0 Å². The lowest BCUT2D eigenvalue weighted by molar-refractivity contribution is -0.137. The van der Waals surface area contributed by atoms with Gasteiger partial charge in [-0.15, -0.1) is 0 Å². The summed E-state index contributed by atoms with van der Waals surface area (Å²) in [5.74, 6) is -2.11. The molecule has 0 bridgehead atoms. The molecular weight excluding hydrogens is 424 g/mol.